The maximum atomic E-state index is 10.4. The molecule has 0 heterocycles. The van der Waals surface area contributed by atoms with Crippen molar-refractivity contribution >= 4 is 17.7 Å². The fourth-order valence-electron chi connectivity index (χ4n) is 0.381. The molecule has 0 radical (unpaired) electrons. The first-order valence-electron chi connectivity index (χ1n) is 2.81. The molecule has 5 heteroatoms. The van der Waals surface area contributed by atoms with Crippen molar-refractivity contribution < 1.29 is 9.90 Å². The minimum Gasteiger partial charge on any atom is -0.368 e. The van der Waals surface area contributed by atoms with Gasteiger partial charge in [-0.25, -0.2) is 0 Å². The second-order valence-corrected chi connectivity index (χ2v) is 3.02. The van der Waals surface area contributed by atoms with Gasteiger partial charge in [-0.1, -0.05) is 0 Å². The molecule has 1 atom stereocenters. The van der Waals surface area contributed by atoms with Crippen LogP contribution in [0.15, 0.2) is 0 Å². The molecule has 0 bridgehead atoms. The highest BCUT2D eigenvalue weighted by Crippen LogP contribution is 2.05. The largest absolute Gasteiger partial charge is 0.368 e. The monoisotopic (exact) mass is 164 g/mol. The number of nitrogens with two attached hydrogens (primary N) is 2. The van der Waals surface area contributed by atoms with E-state index < -0.39 is 11.6 Å². The van der Waals surface area contributed by atoms with E-state index in [0.717, 1.165) is 0 Å². The first-order chi connectivity index (χ1) is 4.50. The third-order valence-corrected chi connectivity index (χ3v) is 1.73. The molecule has 1 amide bonds. The summed E-state index contributed by atoms with van der Waals surface area (Å²) in [6.07, 6.45) is 2.06. The van der Waals surface area contributed by atoms with Crippen LogP contribution in [0.4, 0.5) is 0 Å². The van der Waals surface area contributed by atoms with E-state index in [4.69, 9.17) is 16.6 Å². The molecule has 0 rings (SSSR count). The normalized spacial score (nSPS) is 16.3. The Kier molecular flexibility index (Phi) is 3.70. The molecule has 0 aliphatic carbocycles. The van der Waals surface area contributed by atoms with Crippen LogP contribution in [0.2, 0.25) is 0 Å². The summed E-state index contributed by atoms with van der Waals surface area (Å²) < 4.78 is 0. The number of carbonyl (C=O) groups excluding carboxylic acids is 1. The van der Waals surface area contributed by atoms with Gasteiger partial charge in [0.25, 0.3) is 5.91 Å². The van der Waals surface area contributed by atoms with Gasteiger partial charge < -0.3 is 10.8 Å². The number of rotatable bonds is 4. The van der Waals surface area contributed by atoms with E-state index in [0.29, 0.717) is 5.75 Å². The zero-order chi connectivity index (χ0) is 8.20. The van der Waals surface area contributed by atoms with Gasteiger partial charge >= 0.3 is 0 Å². The van der Waals surface area contributed by atoms with Gasteiger partial charge in [0.1, 0.15) is 0 Å². The summed E-state index contributed by atoms with van der Waals surface area (Å²) in [5.41, 5.74) is 8.07. The van der Waals surface area contributed by atoms with Crippen LogP contribution in [-0.4, -0.2) is 28.7 Å². The molecule has 10 heavy (non-hydrogen) atoms. The molecular weight excluding hydrogens is 152 g/mol. The summed E-state index contributed by atoms with van der Waals surface area (Å²) in [5, 5.41) is 9.01. The molecule has 0 aromatic heterocycles. The van der Waals surface area contributed by atoms with Crippen LogP contribution in [0.3, 0.4) is 0 Å². The smallest absolute Gasteiger partial charge is 0.264 e. The molecule has 0 fully saturated rings. The quantitative estimate of drug-likeness (QED) is 0.459. The van der Waals surface area contributed by atoms with Crippen molar-refractivity contribution in [3.63, 3.8) is 0 Å². The number of primary amides is 1. The standard InChI is InChI=1S/C5H12N2O2S/c1-10-3-2-5(7,9)4(6)8/h9H,2-3,7H2,1H3,(H2,6,8). The van der Waals surface area contributed by atoms with Crippen LogP contribution in [0.5, 0.6) is 0 Å². The molecule has 0 spiro atoms. The fourth-order valence-corrected chi connectivity index (χ4v) is 0.896. The second-order valence-electron chi connectivity index (χ2n) is 2.03. The lowest BCUT2D eigenvalue weighted by atomic mass is 10.2. The minimum absolute atomic E-state index is 0.198. The van der Waals surface area contributed by atoms with Crippen molar-refractivity contribution in [2.45, 2.75) is 12.1 Å². The fraction of sp³-hybridized carbons (Fsp3) is 0.800. The third kappa shape index (κ3) is 3.05. The Morgan fingerprint density at radius 1 is 1.80 bits per heavy atom. The van der Waals surface area contributed by atoms with E-state index in [1.165, 1.54) is 11.8 Å². The lowest BCUT2D eigenvalue weighted by Gasteiger charge is -2.17. The van der Waals surface area contributed by atoms with Crippen molar-refractivity contribution in [2.75, 3.05) is 12.0 Å². The van der Waals surface area contributed by atoms with Crippen molar-refractivity contribution in [1.82, 2.24) is 0 Å². The summed E-state index contributed by atoms with van der Waals surface area (Å²) in [6, 6.07) is 0. The zero-order valence-electron chi connectivity index (χ0n) is 5.83. The van der Waals surface area contributed by atoms with Crippen LogP contribution in [0.1, 0.15) is 6.42 Å². The Morgan fingerprint density at radius 3 is 2.60 bits per heavy atom. The Bertz CT molecular complexity index is 127. The summed E-state index contributed by atoms with van der Waals surface area (Å²) in [4.78, 5) is 10.4. The van der Waals surface area contributed by atoms with Crippen molar-refractivity contribution in [3.8, 4) is 0 Å². The Labute approximate surface area is 64.0 Å². The first kappa shape index (κ1) is 9.74. The summed E-state index contributed by atoms with van der Waals surface area (Å²) in [5.74, 6) is -0.253. The average molecular weight is 164 g/mol. The van der Waals surface area contributed by atoms with E-state index in [-0.39, 0.29) is 6.42 Å². The lowest BCUT2D eigenvalue weighted by molar-refractivity contribution is -0.135. The molecule has 0 saturated carbocycles. The molecule has 4 nitrogen and oxygen atoms in total. The van der Waals surface area contributed by atoms with Crippen LogP contribution < -0.4 is 11.5 Å². The van der Waals surface area contributed by atoms with Crippen molar-refractivity contribution in [1.29, 1.82) is 0 Å². The topological polar surface area (TPSA) is 89.3 Å². The van der Waals surface area contributed by atoms with Crippen LogP contribution in [-0.2, 0) is 4.79 Å². The molecule has 0 aromatic rings. The summed E-state index contributed by atoms with van der Waals surface area (Å²) >= 11 is 1.50. The predicted octanol–water partition coefficient (Wildman–Crippen LogP) is -1.13. The van der Waals surface area contributed by atoms with Gasteiger partial charge in [0, 0.05) is 6.42 Å². The van der Waals surface area contributed by atoms with E-state index in [1.807, 2.05) is 6.26 Å². The van der Waals surface area contributed by atoms with Crippen LogP contribution in [0, 0.1) is 0 Å². The average Bonchev–Trinajstić information content (AvgIpc) is 1.84. The molecule has 60 valence electrons. The van der Waals surface area contributed by atoms with Gasteiger partial charge in [-0.2, -0.15) is 11.8 Å². The lowest BCUT2D eigenvalue weighted by Crippen LogP contribution is -2.52. The number of amides is 1. The maximum absolute atomic E-state index is 10.4. The molecule has 5 N–H and O–H groups in total. The van der Waals surface area contributed by atoms with Crippen molar-refractivity contribution in [2.24, 2.45) is 11.5 Å². The number of aliphatic hydroxyl groups is 1. The predicted molar refractivity (Wildman–Crippen MR) is 41.3 cm³/mol. The van der Waals surface area contributed by atoms with E-state index >= 15 is 0 Å². The van der Waals surface area contributed by atoms with Gasteiger partial charge in [-0.05, 0) is 12.0 Å². The number of carbonyl (C=O) groups is 1. The highest BCUT2D eigenvalue weighted by molar-refractivity contribution is 7.98. The van der Waals surface area contributed by atoms with Gasteiger partial charge in [0.15, 0.2) is 5.72 Å². The molecule has 0 aliphatic rings. The summed E-state index contributed by atoms with van der Waals surface area (Å²) in [7, 11) is 0. The minimum atomic E-state index is -1.83. The number of hydrogen-bond acceptors (Lipinski definition) is 4. The Hall–Kier alpha value is -0.260. The molecule has 0 aromatic carbocycles. The van der Waals surface area contributed by atoms with Gasteiger partial charge in [-0.3, -0.25) is 10.5 Å². The SMILES string of the molecule is CSCCC(N)(O)C(N)=O. The van der Waals surface area contributed by atoms with Gasteiger partial charge in [0.05, 0.1) is 0 Å². The second kappa shape index (κ2) is 3.80. The molecular formula is C5H12N2O2S. The van der Waals surface area contributed by atoms with Crippen LogP contribution >= 0.6 is 11.8 Å². The highest BCUT2D eigenvalue weighted by atomic mass is 32.2. The number of hydrogen-bond donors (Lipinski definition) is 3. The Morgan fingerprint density at radius 2 is 2.30 bits per heavy atom. The first-order valence-corrected chi connectivity index (χ1v) is 4.20. The molecule has 1 unspecified atom stereocenters. The van der Waals surface area contributed by atoms with Crippen LogP contribution in [0.25, 0.3) is 0 Å². The van der Waals surface area contributed by atoms with E-state index in [1.54, 1.807) is 0 Å². The number of thioether (sulfide) groups is 1. The van der Waals surface area contributed by atoms with Crippen molar-refractivity contribution in [3.05, 3.63) is 0 Å². The molecule has 0 saturated heterocycles. The zero-order valence-corrected chi connectivity index (χ0v) is 6.65. The van der Waals surface area contributed by atoms with Gasteiger partial charge in [0.2, 0.25) is 0 Å². The van der Waals surface area contributed by atoms with Gasteiger partial charge in [-0.15, -0.1) is 0 Å². The van der Waals surface area contributed by atoms with E-state index in [2.05, 4.69) is 0 Å². The highest BCUT2D eigenvalue weighted by Gasteiger charge is 2.27. The Balaban J connectivity index is 3.75. The molecule has 0 aliphatic heterocycles. The maximum Gasteiger partial charge on any atom is 0.264 e. The summed E-state index contributed by atoms with van der Waals surface area (Å²) in [6.45, 7) is 0. The van der Waals surface area contributed by atoms with E-state index in [9.17, 15) is 4.79 Å². The third-order valence-electron chi connectivity index (χ3n) is 1.11.